The van der Waals surface area contributed by atoms with Crippen molar-refractivity contribution in [2.75, 3.05) is 4.90 Å². The summed E-state index contributed by atoms with van der Waals surface area (Å²) in [6.45, 7) is 9.35. The van der Waals surface area contributed by atoms with Crippen molar-refractivity contribution in [1.82, 2.24) is 9.13 Å². The molecule has 0 saturated carbocycles. The molecule has 0 saturated heterocycles. The van der Waals surface area contributed by atoms with Gasteiger partial charge in [0, 0.05) is 56.0 Å². The zero-order valence-corrected chi connectivity index (χ0v) is 34.0. The van der Waals surface area contributed by atoms with E-state index in [2.05, 4.69) is 193 Å². The molecule has 8 aromatic carbocycles. The molecule has 0 fully saturated rings. The summed E-state index contributed by atoms with van der Waals surface area (Å²) in [6, 6.07) is 57.1. The summed E-state index contributed by atoms with van der Waals surface area (Å²) in [5.74, 6) is 2.55. The zero-order valence-electron chi connectivity index (χ0n) is 34.0. The van der Waals surface area contributed by atoms with Gasteiger partial charge in [0.2, 0.25) is 0 Å². The number of rotatable bonds is 3. The van der Waals surface area contributed by atoms with Crippen molar-refractivity contribution in [3.05, 3.63) is 163 Å². The average Bonchev–Trinajstić information content (AvgIpc) is 3.81. The Kier molecular flexibility index (Phi) is 6.28. The van der Waals surface area contributed by atoms with E-state index in [-0.39, 0.29) is 13.4 Å². The second-order valence-electron chi connectivity index (χ2n) is 17.9. The van der Waals surface area contributed by atoms with Crippen LogP contribution >= 0.6 is 0 Å². The fraction of sp³-hybridized carbons (Fsp3) is 0.111. The lowest BCUT2D eigenvalue weighted by Crippen LogP contribution is -2.63. The Balaban J connectivity index is 1.14. The number of anilines is 3. The quantitative estimate of drug-likeness (QED) is 0.167. The van der Waals surface area contributed by atoms with E-state index in [0.717, 1.165) is 17.2 Å². The summed E-state index contributed by atoms with van der Waals surface area (Å²) in [6.07, 6.45) is 0. The van der Waals surface area contributed by atoms with Gasteiger partial charge in [0.05, 0.1) is 22.1 Å². The second-order valence-corrected chi connectivity index (χ2v) is 17.9. The molecule has 10 aromatic rings. The molecule has 14 rings (SSSR count). The predicted octanol–water partition coefficient (Wildman–Crippen LogP) is 9.68. The van der Waals surface area contributed by atoms with Crippen LogP contribution in [0.5, 0.6) is 11.5 Å². The Labute approximate surface area is 349 Å². The molecule has 0 N–H and O–H groups in total. The average molecular weight is 768 g/mol. The molecule has 0 atom stereocenters. The first kappa shape index (κ1) is 33.0. The van der Waals surface area contributed by atoms with Gasteiger partial charge in [-0.1, -0.05) is 125 Å². The van der Waals surface area contributed by atoms with Crippen LogP contribution in [0.25, 0.3) is 55.0 Å². The molecule has 60 heavy (non-hydrogen) atoms. The van der Waals surface area contributed by atoms with Gasteiger partial charge in [0.1, 0.15) is 11.5 Å². The molecule has 0 amide bonds. The summed E-state index contributed by atoms with van der Waals surface area (Å²) in [5, 5.41) is 5.36. The number of aromatic nitrogens is 2. The Morgan fingerprint density at radius 3 is 1.60 bits per heavy atom. The third-order valence-corrected chi connectivity index (χ3v) is 14.3. The summed E-state index contributed by atoms with van der Waals surface area (Å²) < 4.78 is 12.5. The van der Waals surface area contributed by atoms with E-state index in [1.807, 2.05) is 0 Å². The van der Waals surface area contributed by atoms with Crippen LogP contribution in [0.1, 0.15) is 50.7 Å². The minimum absolute atomic E-state index is 0.00552. The Morgan fingerprint density at radius 2 is 0.967 bits per heavy atom. The fourth-order valence-electron chi connectivity index (χ4n) is 11.9. The fourth-order valence-corrected chi connectivity index (χ4v) is 11.9. The van der Waals surface area contributed by atoms with E-state index in [9.17, 15) is 0 Å². The van der Waals surface area contributed by atoms with Gasteiger partial charge in [-0.15, -0.1) is 0 Å². The van der Waals surface area contributed by atoms with E-state index < -0.39 is 0 Å². The predicted molar refractivity (Wildman–Crippen MR) is 254 cm³/mol. The van der Waals surface area contributed by atoms with Crippen molar-refractivity contribution in [2.45, 2.75) is 39.5 Å². The highest BCUT2D eigenvalue weighted by Crippen LogP contribution is 2.47. The maximum atomic E-state index is 7.36. The second kappa shape index (κ2) is 11.4. The van der Waals surface area contributed by atoms with E-state index in [0.29, 0.717) is 11.8 Å². The van der Waals surface area contributed by atoms with Crippen LogP contribution in [-0.4, -0.2) is 22.6 Å². The first-order chi connectivity index (χ1) is 29.5. The first-order valence-corrected chi connectivity index (χ1v) is 21.6. The zero-order chi connectivity index (χ0) is 39.7. The molecule has 6 heteroatoms. The van der Waals surface area contributed by atoms with E-state index >= 15 is 0 Å². The SMILES string of the molecule is CC(C)c1cc2c3c4c1c1ccccc1n4-c1ccccc1B3c1cc3c(cc1O2)N(c1ccccc1)c1cc(C(C)C)c2c4ccccc4n4c2c1B3c1ccccc1-4. The lowest BCUT2D eigenvalue weighted by Gasteiger charge is -2.42. The minimum atomic E-state index is 0.00552. The summed E-state index contributed by atoms with van der Waals surface area (Å²) in [5.41, 5.74) is 21.8. The van der Waals surface area contributed by atoms with Gasteiger partial charge in [-0.05, 0) is 104 Å². The Morgan fingerprint density at radius 1 is 0.433 bits per heavy atom. The van der Waals surface area contributed by atoms with Crippen LogP contribution in [0.3, 0.4) is 0 Å². The summed E-state index contributed by atoms with van der Waals surface area (Å²) >= 11 is 0. The molecule has 0 unspecified atom stereocenters. The lowest BCUT2D eigenvalue weighted by molar-refractivity contribution is 0.487. The number of para-hydroxylation sites is 5. The molecular weight excluding hydrogens is 728 g/mol. The van der Waals surface area contributed by atoms with Crippen molar-refractivity contribution >= 4 is 107 Å². The molecule has 0 aliphatic carbocycles. The van der Waals surface area contributed by atoms with Crippen LogP contribution in [0, 0.1) is 0 Å². The molecular formula is C54H39B2N3O. The van der Waals surface area contributed by atoms with Crippen molar-refractivity contribution in [3.8, 4) is 22.9 Å². The van der Waals surface area contributed by atoms with Gasteiger partial charge in [0.25, 0.3) is 13.4 Å². The summed E-state index contributed by atoms with van der Waals surface area (Å²) in [4.78, 5) is 2.54. The maximum Gasteiger partial charge on any atom is 0.256 e. The number of benzene rings is 8. The molecule has 0 radical (unpaired) electrons. The normalized spacial score (nSPS) is 14.0. The van der Waals surface area contributed by atoms with Gasteiger partial charge in [0.15, 0.2) is 0 Å². The van der Waals surface area contributed by atoms with Gasteiger partial charge < -0.3 is 18.8 Å². The highest BCUT2D eigenvalue weighted by atomic mass is 16.5. The lowest BCUT2D eigenvalue weighted by atomic mass is 9.31. The van der Waals surface area contributed by atoms with Crippen molar-refractivity contribution < 1.29 is 4.74 Å². The van der Waals surface area contributed by atoms with Crippen LogP contribution < -0.4 is 42.4 Å². The van der Waals surface area contributed by atoms with Crippen molar-refractivity contribution in [3.63, 3.8) is 0 Å². The van der Waals surface area contributed by atoms with Crippen LogP contribution in [0.2, 0.25) is 0 Å². The van der Waals surface area contributed by atoms with E-state index in [1.165, 1.54) is 110 Å². The van der Waals surface area contributed by atoms with Gasteiger partial charge in [-0.25, -0.2) is 0 Å². The van der Waals surface area contributed by atoms with Crippen LogP contribution in [0.15, 0.2) is 152 Å². The Hall–Kier alpha value is -6.91. The van der Waals surface area contributed by atoms with E-state index in [4.69, 9.17) is 4.74 Å². The molecule has 4 nitrogen and oxygen atoms in total. The molecule has 0 bridgehead atoms. The largest absolute Gasteiger partial charge is 0.458 e. The van der Waals surface area contributed by atoms with Gasteiger partial charge >= 0.3 is 0 Å². The van der Waals surface area contributed by atoms with Gasteiger partial charge in [-0.2, -0.15) is 0 Å². The standard InChI is InChI=1S/C54H39B2N3O/c1-30(2)35-26-46-51-53-49(35)33-18-8-12-22-41(33)58(53)43-24-14-10-20-37(43)55(51)39-28-40-47(29-45(39)57(46)32-16-6-5-7-17-32)60-48-27-36(31(3)4)50-34-19-9-13-23-42(34)59-44-25-15-11-21-38(44)56(40)52(48)54(50)59/h5-31H,1-4H3. The molecule has 2 aromatic heterocycles. The number of fused-ring (bicyclic) bond motifs is 16. The Bertz CT molecular complexity index is 3560. The molecule has 0 spiro atoms. The van der Waals surface area contributed by atoms with Crippen LogP contribution in [-0.2, 0) is 0 Å². The number of ether oxygens (including phenoxy) is 1. The number of hydrogen-bond donors (Lipinski definition) is 0. The number of hydrogen-bond acceptors (Lipinski definition) is 2. The van der Waals surface area contributed by atoms with Gasteiger partial charge in [-0.3, -0.25) is 0 Å². The molecule has 282 valence electrons. The molecule has 6 heterocycles. The van der Waals surface area contributed by atoms with Crippen molar-refractivity contribution in [2.24, 2.45) is 0 Å². The minimum Gasteiger partial charge on any atom is -0.458 e. The highest BCUT2D eigenvalue weighted by molar-refractivity contribution is 7.02. The third kappa shape index (κ3) is 3.91. The monoisotopic (exact) mass is 767 g/mol. The summed E-state index contributed by atoms with van der Waals surface area (Å²) in [7, 11) is 0. The van der Waals surface area contributed by atoms with Crippen molar-refractivity contribution in [1.29, 1.82) is 0 Å². The maximum absolute atomic E-state index is 7.36. The number of nitrogens with zero attached hydrogens (tertiary/aromatic N) is 3. The molecule has 4 aliphatic rings. The third-order valence-electron chi connectivity index (χ3n) is 14.3. The smallest absolute Gasteiger partial charge is 0.256 e. The topological polar surface area (TPSA) is 22.3 Å². The van der Waals surface area contributed by atoms with E-state index in [1.54, 1.807) is 0 Å². The van der Waals surface area contributed by atoms with Crippen LogP contribution in [0.4, 0.5) is 17.1 Å². The molecule has 4 aliphatic heterocycles. The first-order valence-electron chi connectivity index (χ1n) is 21.6. The highest BCUT2D eigenvalue weighted by Gasteiger charge is 2.47.